The summed E-state index contributed by atoms with van der Waals surface area (Å²) in [4.78, 5) is 43.0. The Balaban J connectivity index is 3.87. The number of phosphoric acid groups is 1. The van der Waals surface area contributed by atoms with Crippen LogP contribution in [0.15, 0.2) is 48.6 Å². The van der Waals surface area contributed by atoms with Crippen LogP contribution < -0.4 is 0 Å². The van der Waals surface area contributed by atoms with Gasteiger partial charge in [-0.3, -0.25) is 14.1 Å². The van der Waals surface area contributed by atoms with Gasteiger partial charge in [-0.2, -0.15) is 0 Å². The van der Waals surface area contributed by atoms with E-state index in [0.29, 0.717) is 12.8 Å². The molecule has 0 saturated carbocycles. The number of hydrogen-bond acceptors (Lipinski definition) is 6. The Hall–Kier alpha value is -1.99. The first-order chi connectivity index (χ1) is 27.8. The zero-order valence-electron chi connectivity index (χ0n) is 36.7. The first kappa shape index (κ1) is 55.0. The van der Waals surface area contributed by atoms with Gasteiger partial charge in [0.1, 0.15) is 6.61 Å². The number of ether oxygens (including phenoxy) is 2. The zero-order valence-corrected chi connectivity index (χ0v) is 37.6. The third-order valence-electron chi connectivity index (χ3n) is 10.1. The van der Waals surface area contributed by atoms with Gasteiger partial charge in [0.05, 0.1) is 6.61 Å². The Kier molecular flexibility index (Phi) is 42.1. The van der Waals surface area contributed by atoms with E-state index in [1.807, 2.05) is 0 Å². The van der Waals surface area contributed by atoms with Crippen molar-refractivity contribution in [2.75, 3.05) is 13.2 Å². The highest BCUT2D eigenvalue weighted by Gasteiger charge is 2.23. The predicted octanol–water partition coefficient (Wildman–Crippen LogP) is 14.7. The number of carbonyl (C=O) groups is 2. The van der Waals surface area contributed by atoms with Crippen LogP contribution in [0.4, 0.5) is 0 Å². The van der Waals surface area contributed by atoms with Gasteiger partial charge in [0.15, 0.2) is 6.10 Å². The number of allylic oxidation sites excluding steroid dienone is 8. The fourth-order valence-electron chi connectivity index (χ4n) is 6.55. The smallest absolute Gasteiger partial charge is 0.462 e. The first-order valence-corrected chi connectivity index (χ1v) is 25.0. The second-order valence-electron chi connectivity index (χ2n) is 15.7. The lowest BCUT2D eigenvalue weighted by Gasteiger charge is -2.18. The number of phosphoric ester groups is 1. The monoisotopic (exact) mass is 823 g/mol. The Morgan fingerprint density at radius 1 is 0.456 bits per heavy atom. The van der Waals surface area contributed by atoms with E-state index in [4.69, 9.17) is 19.3 Å². The number of hydrogen-bond donors (Lipinski definition) is 2. The minimum atomic E-state index is -4.76. The fraction of sp³-hybridized carbons (Fsp3) is 0.792. The van der Waals surface area contributed by atoms with Gasteiger partial charge >= 0.3 is 19.8 Å². The molecule has 2 N–H and O–H groups in total. The molecule has 0 fully saturated rings. The van der Waals surface area contributed by atoms with Crippen LogP contribution in [-0.2, 0) is 28.2 Å². The normalized spacial score (nSPS) is 12.8. The van der Waals surface area contributed by atoms with Gasteiger partial charge in [-0.05, 0) is 77.0 Å². The molecule has 0 aliphatic carbocycles. The largest absolute Gasteiger partial charge is 0.469 e. The van der Waals surface area contributed by atoms with Crippen LogP contribution >= 0.6 is 7.82 Å². The topological polar surface area (TPSA) is 119 Å². The van der Waals surface area contributed by atoms with Gasteiger partial charge in [0, 0.05) is 12.8 Å². The summed E-state index contributed by atoms with van der Waals surface area (Å²) in [5.41, 5.74) is 0. The number of esters is 2. The fourth-order valence-corrected chi connectivity index (χ4v) is 6.91. The molecule has 0 aliphatic heterocycles. The molecule has 0 aromatic carbocycles. The van der Waals surface area contributed by atoms with Crippen LogP contribution in [0.3, 0.4) is 0 Å². The maximum Gasteiger partial charge on any atom is 0.469 e. The molecule has 0 rings (SSSR count). The Labute approximate surface area is 350 Å². The van der Waals surface area contributed by atoms with E-state index < -0.39 is 32.5 Å². The third-order valence-corrected chi connectivity index (χ3v) is 10.6. The zero-order chi connectivity index (χ0) is 41.8. The molecule has 0 heterocycles. The van der Waals surface area contributed by atoms with E-state index in [-0.39, 0.29) is 19.4 Å². The Bertz CT molecular complexity index is 1060. The van der Waals surface area contributed by atoms with Gasteiger partial charge in [0.2, 0.25) is 0 Å². The Morgan fingerprint density at radius 2 is 0.789 bits per heavy atom. The molecule has 0 aromatic heterocycles. The van der Waals surface area contributed by atoms with E-state index in [0.717, 1.165) is 64.2 Å². The molecular weight excluding hydrogens is 735 g/mol. The van der Waals surface area contributed by atoms with Crippen LogP contribution in [0, 0.1) is 0 Å². The summed E-state index contributed by atoms with van der Waals surface area (Å²) in [6.07, 6.45) is 54.0. The second-order valence-corrected chi connectivity index (χ2v) is 17.0. The summed E-state index contributed by atoms with van der Waals surface area (Å²) in [7, 11) is -4.76. The number of carbonyl (C=O) groups excluding carboxylic acids is 2. The van der Waals surface area contributed by atoms with Gasteiger partial charge < -0.3 is 19.3 Å². The van der Waals surface area contributed by atoms with E-state index in [2.05, 4.69) is 67.0 Å². The van der Waals surface area contributed by atoms with Crippen molar-refractivity contribution in [1.82, 2.24) is 0 Å². The van der Waals surface area contributed by atoms with Crippen molar-refractivity contribution >= 4 is 19.8 Å². The van der Waals surface area contributed by atoms with Crippen molar-refractivity contribution in [2.45, 2.75) is 232 Å². The molecule has 332 valence electrons. The summed E-state index contributed by atoms with van der Waals surface area (Å²) in [6, 6.07) is 0. The molecule has 8 nitrogen and oxygen atoms in total. The minimum Gasteiger partial charge on any atom is -0.462 e. The van der Waals surface area contributed by atoms with Gasteiger partial charge in [-0.25, -0.2) is 4.57 Å². The molecule has 0 aliphatic rings. The summed E-state index contributed by atoms with van der Waals surface area (Å²) < 4.78 is 26.5. The molecule has 9 heteroatoms. The van der Waals surface area contributed by atoms with Gasteiger partial charge in [-0.15, -0.1) is 0 Å². The lowest BCUT2D eigenvalue weighted by atomic mass is 10.0. The van der Waals surface area contributed by atoms with E-state index in [1.54, 1.807) is 0 Å². The van der Waals surface area contributed by atoms with Crippen molar-refractivity contribution in [3.8, 4) is 0 Å². The molecular formula is C48H87O8P. The second kappa shape index (κ2) is 43.6. The van der Waals surface area contributed by atoms with Crippen LogP contribution in [0.5, 0.6) is 0 Å². The molecule has 0 radical (unpaired) electrons. The van der Waals surface area contributed by atoms with Crippen LogP contribution in [0.1, 0.15) is 226 Å². The maximum absolute atomic E-state index is 12.5. The van der Waals surface area contributed by atoms with E-state index in [9.17, 15) is 14.2 Å². The molecule has 0 aromatic rings. The van der Waals surface area contributed by atoms with E-state index in [1.165, 1.54) is 122 Å². The molecule has 0 saturated heterocycles. The van der Waals surface area contributed by atoms with Crippen molar-refractivity contribution in [3.05, 3.63) is 48.6 Å². The maximum atomic E-state index is 12.5. The Morgan fingerprint density at radius 3 is 1.18 bits per heavy atom. The lowest BCUT2D eigenvalue weighted by molar-refractivity contribution is -0.161. The van der Waals surface area contributed by atoms with Crippen LogP contribution in [-0.4, -0.2) is 41.0 Å². The highest BCUT2D eigenvalue weighted by molar-refractivity contribution is 7.46. The average Bonchev–Trinajstić information content (AvgIpc) is 3.18. The third kappa shape index (κ3) is 46.6. The summed E-state index contributed by atoms with van der Waals surface area (Å²) >= 11 is 0. The van der Waals surface area contributed by atoms with Crippen molar-refractivity contribution in [3.63, 3.8) is 0 Å². The van der Waals surface area contributed by atoms with Gasteiger partial charge in [-0.1, -0.05) is 184 Å². The summed E-state index contributed by atoms with van der Waals surface area (Å²) in [6.45, 7) is 3.66. The molecule has 57 heavy (non-hydrogen) atoms. The lowest BCUT2D eigenvalue weighted by Crippen LogP contribution is -2.29. The average molecular weight is 823 g/mol. The first-order valence-electron chi connectivity index (χ1n) is 23.4. The molecule has 0 amide bonds. The number of rotatable bonds is 43. The van der Waals surface area contributed by atoms with Crippen molar-refractivity contribution in [2.24, 2.45) is 0 Å². The SMILES string of the molecule is CCCCCC/C=C\C/C=C\CCCCCCCC(=O)OCC(COP(=O)(O)O)OC(=O)CCCCCCCCCCCCC/C=C\C/C=C\CCCCCCC. The highest BCUT2D eigenvalue weighted by atomic mass is 31.2. The number of unbranched alkanes of at least 4 members (excludes halogenated alkanes) is 25. The molecule has 0 bridgehead atoms. The van der Waals surface area contributed by atoms with Crippen molar-refractivity contribution < 1.29 is 37.9 Å². The van der Waals surface area contributed by atoms with Crippen LogP contribution in [0.2, 0.25) is 0 Å². The highest BCUT2D eigenvalue weighted by Crippen LogP contribution is 2.36. The van der Waals surface area contributed by atoms with Gasteiger partial charge in [0.25, 0.3) is 0 Å². The minimum absolute atomic E-state index is 0.206. The molecule has 1 atom stereocenters. The van der Waals surface area contributed by atoms with E-state index >= 15 is 0 Å². The van der Waals surface area contributed by atoms with Crippen LogP contribution in [0.25, 0.3) is 0 Å². The summed E-state index contributed by atoms with van der Waals surface area (Å²) in [5, 5.41) is 0. The standard InChI is InChI=1S/C48H87O8P/c1-3-5-7-9-11-13-15-17-19-21-22-23-24-25-26-27-29-31-33-35-37-39-41-43-48(50)56-46(45-55-57(51,52)53)44-54-47(49)42-40-38-36-34-32-30-28-20-18-16-14-12-10-8-6-4-2/h14-17,20-22,28,46H,3-13,18-19,23-27,29-45H2,1-2H3,(H2,51,52,53)/b16-14-,17-15-,22-21-,28-20-. The molecule has 1 unspecified atom stereocenters. The summed E-state index contributed by atoms with van der Waals surface area (Å²) in [5.74, 6) is -0.899. The van der Waals surface area contributed by atoms with Crippen molar-refractivity contribution in [1.29, 1.82) is 0 Å². The predicted molar refractivity (Wildman–Crippen MR) is 239 cm³/mol. The molecule has 0 spiro atoms. The quantitative estimate of drug-likeness (QED) is 0.0270.